The Morgan fingerprint density at radius 1 is 1.19 bits per heavy atom. The number of carbonyl (C=O) groups excluding carboxylic acids is 2. The molecule has 0 radical (unpaired) electrons. The highest BCUT2D eigenvalue weighted by molar-refractivity contribution is 5.99. The fourth-order valence-electron chi connectivity index (χ4n) is 4.53. The smallest absolute Gasteiger partial charge is 0.291 e. The molecule has 0 aromatic carbocycles. The molecule has 0 spiro atoms. The molecule has 5 rings (SSSR count). The monoisotopic (exact) mass is 511 g/mol. The Labute approximate surface area is 213 Å². The van der Waals surface area contributed by atoms with Crippen LogP contribution in [0.15, 0.2) is 17.1 Å². The predicted octanol–water partition coefficient (Wildman–Crippen LogP) is 1.69. The van der Waals surface area contributed by atoms with Crippen molar-refractivity contribution in [3.8, 4) is 17.3 Å². The van der Waals surface area contributed by atoms with Gasteiger partial charge in [0.05, 0.1) is 17.5 Å². The summed E-state index contributed by atoms with van der Waals surface area (Å²) < 4.78 is 8.00. The summed E-state index contributed by atoms with van der Waals surface area (Å²) in [6.07, 6.45) is 4.90. The molecule has 12 nitrogen and oxygen atoms in total. The molecule has 2 amide bonds. The maximum Gasteiger partial charge on any atom is 0.291 e. The van der Waals surface area contributed by atoms with Gasteiger partial charge in [-0.25, -0.2) is 0 Å². The highest BCUT2D eigenvalue weighted by atomic mass is 16.5. The van der Waals surface area contributed by atoms with E-state index >= 15 is 0 Å². The fraction of sp³-hybridized carbons (Fsp3) is 0.560. The van der Waals surface area contributed by atoms with E-state index in [9.17, 15) is 19.5 Å². The summed E-state index contributed by atoms with van der Waals surface area (Å²) in [5.41, 5.74) is -0.125. The van der Waals surface area contributed by atoms with E-state index in [1.165, 1.54) is 10.8 Å². The van der Waals surface area contributed by atoms with Crippen molar-refractivity contribution in [3.63, 3.8) is 0 Å². The number of aromatic nitrogens is 5. The van der Waals surface area contributed by atoms with Gasteiger partial charge in [0.1, 0.15) is 11.3 Å². The van der Waals surface area contributed by atoms with E-state index in [1.807, 2.05) is 20.8 Å². The fourth-order valence-corrected chi connectivity index (χ4v) is 4.53. The molecule has 4 N–H and O–H groups in total. The second kappa shape index (κ2) is 9.66. The predicted molar refractivity (Wildman–Crippen MR) is 135 cm³/mol. The summed E-state index contributed by atoms with van der Waals surface area (Å²) in [5, 5.41) is 28.1. The maximum atomic E-state index is 13.3. The van der Waals surface area contributed by atoms with Gasteiger partial charge < -0.3 is 20.5 Å². The van der Waals surface area contributed by atoms with Gasteiger partial charge >= 0.3 is 0 Å². The molecular weight excluding hydrogens is 478 g/mol. The van der Waals surface area contributed by atoms with E-state index in [-0.39, 0.29) is 22.9 Å². The first-order valence-corrected chi connectivity index (χ1v) is 12.7. The van der Waals surface area contributed by atoms with Crippen molar-refractivity contribution < 1.29 is 19.4 Å². The number of hydrogen-bond acceptors (Lipinski definition) is 7. The summed E-state index contributed by atoms with van der Waals surface area (Å²) in [6.45, 7) is 8.19. The molecule has 1 aliphatic carbocycles. The second-order valence-corrected chi connectivity index (χ2v) is 11.1. The van der Waals surface area contributed by atoms with Crippen LogP contribution in [-0.4, -0.2) is 67.1 Å². The van der Waals surface area contributed by atoms with Crippen LogP contribution in [0.1, 0.15) is 67.2 Å². The molecule has 1 aliphatic heterocycles. The Balaban J connectivity index is 1.52. The molecule has 2 fully saturated rings. The second-order valence-electron chi connectivity index (χ2n) is 11.1. The zero-order valence-corrected chi connectivity index (χ0v) is 21.3. The lowest BCUT2D eigenvalue weighted by Gasteiger charge is -2.23. The van der Waals surface area contributed by atoms with Crippen molar-refractivity contribution in [2.45, 2.75) is 59.0 Å². The third kappa shape index (κ3) is 5.24. The number of carbonyl (C=O) groups is 2. The summed E-state index contributed by atoms with van der Waals surface area (Å²) >= 11 is 0. The minimum absolute atomic E-state index is 0.0124. The molecule has 0 unspecified atom stereocenters. The highest BCUT2D eigenvalue weighted by Crippen LogP contribution is 2.28. The van der Waals surface area contributed by atoms with Gasteiger partial charge in [0.15, 0.2) is 5.56 Å². The number of ether oxygens (including phenoxy) is 1. The average molecular weight is 512 g/mol. The van der Waals surface area contributed by atoms with E-state index in [4.69, 9.17) is 4.74 Å². The van der Waals surface area contributed by atoms with E-state index in [0.29, 0.717) is 54.8 Å². The Kier molecular flexibility index (Phi) is 6.52. The Morgan fingerprint density at radius 2 is 1.92 bits per heavy atom. The lowest BCUT2D eigenvalue weighted by atomic mass is 9.96. The van der Waals surface area contributed by atoms with Crippen LogP contribution in [0.25, 0.3) is 17.0 Å². The molecule has 37 heavy (non-hydrogen) atoms. The third-order valence-electron chi connectivity index (χ3n) is 6.66. The lowest BCUT2D eigenvalue weighted by Crippen LogP contribution is -2.35. The summed E-state index contributed by atoms with van der Waals surface area (Å²) in [6, 6.07) is 1.62. The average Bonchev–Trinajstić information content (AvgIpc) is 3.34. The van der Waals surface area contributed by atoms with Gasteiger partial charge in [0, 0.05) is 38.4 Å². The summed E-state index contributed by atoms with van der Waals surface area (Å²) in [5.74, 6) is -0.979. The molecule has 1 saturated heterocycles. The number of hydrogen-bond donors (Lipinski definition) is 4. The lowest BCUT2D eigenvalue weighted by molar-refractivity contribution is 0.0643. The van der Waals surface area contributed by atoms with Crippen molar-refractivity contribution in [1.29, 1.82) is 0 Å². The molecule has 4 heterocycles. The molecular formula is C25H33N7O5. The zero-order chi connectivity index (χ0) is 26.3. The van der Waals surface area contributed by atoms with Gasteiger partial charge in [-0.2, -0.15) is 14.7 Å². The maximum absolute atomic E-state index is 13.3. The Bertz CT molecular complexity index is 1390. The first kappa shape index (κ1) is 25.0. The number of aromatic amines is 1. The number of nitrogens with one attached hydrogen (secondary N) is 3. The van der Waals surface area contributed by atoms with Gasteiger partial charge in [-0.15, -0.1) is 0 Å². The standard InChI is InChI=1S/C25H33N7O5/c1-25(2,3)13-31-18-10-17(30-32(18)24(36)19(23(31)35)22(34)28-15-4-5-15)20-16(12-27-29-20)21(33)26-11-14-6-8-37-9-7-14/h10,12,14-15,35H,4-9,11,13H2,1-3H3,(H,26,33)(H,27,29)(H,28,34). The van der Waals surface area contributed by atoms with Crippen molar-refractivity contribution in [1.82, 2.24) is 35.0 Å². The van der Waals surface area contributed by atoms with Crippen molar-refractivity contribution >= 4 is 17.5 Å². The number of nitrogens with zero attached hydrogens (tertiary/aromatic N) is 4. The highest BCUT2D eigenvalue weighted by Gasteiger charge is 2.31. The van der Waals surface area contributed by atoms with Gasteiger partial charge in [0.2, 0.25) is 5.88 Å². The van der Waals surface area contributed by atoms with Crippen LogP contribution < -0.4 is 16.2 Å². The third-order valence-corrected chi connectivity index (χ3v) is 6.66. The number of H-pyrrole nitrogens is 1. The Hall–Kier alpha value is -3.67. The largest absolute Gasteiger partial charge is 0.494 e. The number of amides is 2. The summed E-state index contributed by atoms with van der Waals surface area (Å²) in [4.78, 5) is 39.2. The quantitative estimate of drug-likeness (QED) is 0.376. The van der Waals surface area contributed by atoms with Crippen molar-refractivity contribution in [2.75, 3.05) is 19.8 Å². The van der Waals surface area contributed by atoms with Crippen LogP contribution in [0.2, 0.25) is 0 Å². The molecule has 198 valence electrons. The minimum atomic E-state index is -0.730. The molecule has 1 saturated carbocycles. The topological polar surface area (TPSA) is 156 Å². The Morgan fingerprint density at radius 3 is 2.59 bits per heavy atom. The van der Waals surface area contributed by atoms with Crippen molar-refractivity contribution in [2.24, 2.45) is 11.3 Å². The van der Waals surface area contributed by atoms with Gasteiger partial charge in [-0.05, 0) is 37.0 Å². The molecule has 0 bridgehead atoms. The molecule has 3 aromatic heterocycles. The van der Waals surface area contributed by atoms with E-state index < -0.39 is 17.3 Å². The minimum Gasteiger partial charge on any atom is -0.494 e. The van der Waals surface area contributed by atoms with Crippen LogP contribution in [0.3, 0.4) is 0 Å². The number of aromatic hydroxyl groups is 1. The van der Waals surface area contributed by atoms with E-state index in [1.54, 1.807) is 6.07 Å². The van der Waals surface area contributed by atoms with Crippen LogP contribution in [0, 0.1) is 11.3 Å². The molecule has 12 heteroatoms. The zero-order valence-electron chi connectivity index (χ0n) is 21.3. The summed E-state index contributed by atoms with van der Waals surface area (Å²) in [7, 11) is 0. The number of fused-ring (bicyclic) bond motifs is 1. The van der Waals surface area contributed by atoms with Gasteiger partial charge in [-0.1, -0.05) is 20.8 Å². The van der Waals surface area contributed by atoms with Crippen molar-refractivity contribution in [3.05, 3.63) is 33.7 Å². The van der Waals surface area contributed by atoms with Crippen LogP contribution in [0.5, 0.6) is 5.88 Å². The molecule has 3 aromatic rings. The first-order valence-electron chi connectivity index (χ1n) is 12.7. The first-order chi connectivity index (χ1) is 17.6. The molecule has 2 aliphatic rings. The van der Waals surface area contributed by atoms with Gasteiger partial charge in [0.25, 0.3) is 17.4 Å². The SMILES string of the molecule is CC(C)(C)Cn1c(O)c(C(=O)NC2CC2)c(=O)n2nc(-c3[nH]ncc3C(=O)NCC3CCOCC3)cc12. The van der Waals surface area contributed by atoms with Crippen LogP contribution >= 0.6 is 0 Å². The van der Waals surface area contributed by atoms with Gasteiger partial charge in [-0.3, -0.25) is 24.0 Å². The normalized spacial score (nSPS) is 16.7. The van der Waals surface area contributed by atoms with E-state index in [2.05, 4.69) is 25.9 Å². The molecule has 0 atom stereocenters. The van der Waals surface area contributed by atoms with Crippen LogP contribution in [0.4, 0.5) is 0 Å². The number of rotatable bonds is 7. The van der Waals surface area contributed by atoms with Crippen LogP contribution in [-0.2, 0) is 11.3 Å². The van der Waals surface area contributed by atoms with E-state index in [0.717, 1.165) is 30.2 Å².